The highest BCUT2D eigenvalue weighted by Crippen LogP contribution is 2.39. The van der Waals surface area contributed by atoms with Crippen LogP contribution in [0, 0.1) is 22.9 Å². The van der Waals surface area contributed by atoms with Crippen molar-refractivity contribution in [2.45, 2.75) is 17.3 Å². The summed E-state index contributed by atoms with van der Waals surface area (Å²) in [6.45, 7) is 1.46. The van der Waals surface area contributed by atoms with E-state index < -0.39 is 5.25 Å². The molecule has 3 aromatic rings. The van der Waals surface area contributed by atoms with Crippen LogP contribution < -0.4 is 4.74 Å². The van der Waals surface area contributed by atoms with Gasteiger partial charge in [0.05, 0.1) is 7.11 Å². The van der Waals surface area contributed by atoms with Crippen molar-refractivity contribution in [3.63, 3.8) is 0 Å². The first kappa shape index (κ1) is 18.8. The fourth-order valence-corrected chi connectivity index (χ4v) is 3.90. The minimum Gasteiger partial charge on any atom is -0.496 e. The molecule has 0 unspecified atom stereocenters. The van der Waals surface area contributed by atoms with Gasteiger partial charge in [0.25, 0.3) is 0 Å². The SMILES string of the molecule is COc1ccccc1[C@H](C[N+](=O)[O-])Sc1nnc(C)n1-c1ccc(F)cc1. The van der Waals surface area contributed by atoms with E-state index in [4.69, 9.17) is 4.74 Å². The van der Waals surface area contributed by atoms with Crippen LogP contribution in [0.25, 0.3) is 5.69 Å². The number of hydrogen-bond donors (Lipinski definition) is 0. The molecule has 0 aliphatic carbocycles. The molecule has 7 nitrogen and oxygen atoms in total. The maximum atomic E-state index is 13.3. The number of para-hydroxylation sites is 1. The van der Waals surface area contributed by atoms with E-state index in [1.807, 2.05) is 0 Å². The maximum absolute atomic E-state index is 13.3. The molecule has 140 valence electrons. The molecule has 27 heavy (non-hydrogen) atoms. The summed E-state index contributed by atoms with van der Waals surface area (Å²) >= 11 is 1.22. The molecule has 0 aliphatic rings. The lowest BCUT2D eigenvalue weighted by atomic mass is 10.1. The Morgan fingerprint density at radius 2 is 1.93 bits per heavy atom. The van der Waals surface area contributed by atoms with Crippen molar-refractivity contribution in [2.75, 3.05) is 13.7 Å². The number of nitro groups is 1. The van der Waals surface area contributed by atoms with Gasteiger partial charge in [0, 0.05) is 16.2 Å². The maximum Gasteiger partial charge on any atom is 0.220 e. The van der Waals surface area contributed by atoms with Crippen LogP contribution in [-0.4, -0.2) is 33.3 Å². The van der Waals surface area contributed by atoms with E-state index in [0.29, 0.717) is 28.0 Å². The van der Waals surface area contributed by atoms with Crippen molar-refractivity contribution in [1.29, 1.82) is 0 Å². The summed E-state index contributed by atoms with van der Waals surface area (Å²) in [5.41, 5.74) is 1.38. The Balaban J connectivity index is 2.00. The van der Waals surface area contributed by atoms with Crippen molar-refractivity contribution in [1.82, 2.24) is 14.8 Å². The Labute approximate surface area is 159 Å². The zero-order valence-corrected chi connectivity index (χ0v) is 15.5. The minimum atomic E-state index is -0.529. The fraction of sp³-hybridized carbons (Fsp3) is 0.222. The van der Waals surface area contributed by atoms with E-state index in [1.54, 1.807) is 47.9 Å². The molecule has 0 spiro atoms. The van der Waals surface area contributed by atoms with E-state index in [1.165, 1.54) is 31.0 Å². The molecular weight excluding hydrogens is 371 g/mol. The Morgan fingerprint density at radius 3 is 2.59 bits per heavy atom. The Bertz CT molecular complexity index is 946. The molecule has 3 rings (SSSR count). The lowest BCUT2D eigenvalue weighted by molar-refractivity contribution is -0.479. The second-order valence-corrected chi connectivity index (χ2v) is 6.88. The van der Waals surface area contributed by atoms with Gasteiger partial charge in [-0.05, 0) is 37.3 Å². The van der Waals surface area contributed by atoms with Gasteiger partial charge in [-0.15, -0.1) is 10.2 Å². The molecule has 0 radical (unpaired) electrons. The lowest BCUT2D eigenvalue weighted by Gasteiger charge is -2.16. The van der Waals surface area contributed by atoms with Gasteiger partial charge in [-0.25, -0.2) is 4.39 Å². The highest BCUT2D eigenvalue weighted by atomic mass is 32.2. The van der Waals surface area contributed by atoms with Crippen LogP contribution >= 0.6 is 11.8 Å². The largest absolute Gasteiger partial charge is 0.496 e. The number of thioether (sulfide) groups is 1. The smallest absolute Gasteiger partial charge is 0.220 e. The molecule has 0 saturated heterocycles. The van der Waals surface area contributed by atoms with Gasteiger partial charge in [-0.2, -0.15) is 0 Å². The fourth-order valence-electron chi connectivity index (χ4n) is 2.70. The molecule has 0 bridgehead atoms. The van der Waals surface area contributed by atoms with Crippen LogP contribution in [-0.2, 0) is 0 Å². The van der Waals surface area contributed by atoms with Crippen LogP contribution in [0.5, 0.6) is 5.75 Å². The summed E-state index contributed by atoms with van der Waals surface area (Å²) in [6.07, 6.45) is 0. The first-order chi connectivity index (χ1) is 13.0. The molecule has 0 aliphatic heterocycles. The molecule has 0 fully saturated rings. The van der Waals surface area contributed by atoms with Gasteiger partial charge in [0.15, 0.2) is 5.16 Å². The van der Waals surface area contributed by atoms with Gasteiger partial charge < -0.3 is 4.74 Å². The van der Waals surface area contributed by atoms with Crippen LogP contribution in [0.3, 0.4) is 0 Å². The molecule has 0 N–H and O–H groups in total. The number of aromatic nitrogens is 3. The first-order valence-corrected chi connectivity index (χ1v) is 8.97. The monoisotopic (exact) mass is 388 g/mol. The van der Waals surface area contributed by atoms with Crippen molar-refractivity contribution < 1.29 is 14.1 Å². The first-order valence-electron chi connectivity index (χ1n) is 8.09. The summed E-state index contributed by atoms with van der Waals surface area (Å²) in [6, 6.07) is 13.1. The van der Waals surface area contributed by atoms with Gasteiger partial charge in [-0.3, -0.25) is 14.7 Å². The molecule has 0 saturated carbocycles. The van der Waals surface area contributed by atoms with E-state index >= 15 is 0 Å². The predicted octanol–water partition coefficient (Wildman–Crippen LogP) is 3.83. The topological polar surface area (TPSA) is 83.1 Å². The molecular formula is C18H17FN4O3S. The zero-order valence-electron chi connectivity index (χ0n) is 14.7. The molecule has 1 heterocycles. The number of hydrogen-bond acceptors (Lipinski definition) is 6. The molecule has 9 heteroatoms. The van der Waals surface area contributed by atoms with Crippen molar-refractivity contribution in [3.05, 3.63) is 75.9 Å². The summed E-state index contributed by atoms with van der Waals surface area (Å²) in [4.78, 5) is 10.9. The van der Waals surface area contributed by atoms with E-state index in [-0.39, 0.29) is 17.3 Å². The highest BCUT2D eigenvalue weighted by molar-refractivity contribution is 7.99. The van der Waals surface area contributed by atoms with Crippen molar-refractivity contribution in [3.8, 4) is 11.4 Å². The summed E-state index contributed by atoms with van der Waals surface area (Å²) in [7, 11) is 1.53. The third-order valence-electron chi connectivity index (χ3n) is 3.93. The van der Waals surface area contributed by atoms with Crippen molar-refractivity contribution in [2.24, 2.45) is 0 Å². The second kappa shape index (κ2) is 8.17. The number of benzene rings is 2. The molecule has 1 aromatic heterocycles. The number of aryl methyl sites for hydroxylation is 1. The van der Waals surface area contributed by atoms with Gasteiger partial charge in [0.2, 0.25) is 6.54 Å². The lowest BCUT2D eigenvalue weighted by Crippen LogP contribution is -2.12. The van der Waals surface area contributed by atoms with E-state index in [2.05, 4.69) is 10.2 Å². The van der Waals surface area contributed by atoms with Crippen LogP contribution in [0.15, 0.2) is 53.7 Å². The van der Waals surface area contributed by atoms with E-state index in [0.717, 1.165) is 0 Å². The van der Waals surface area contributed by atoms with Gasteiger partial charge in [-0.1, -0.05) is 30.0 Å². The second-order valence-electron chi connectivity index (χ2n) is 5.71. The normalized spacial score (nSPS) is 12.0. The number of rotatable bonds is 7. The molecule has 2 aromatic carbocycles. The van der Waals surface area contributed by atoms with Crippen molar-refractivity contribution >= 4 is 11.8 Å². The standard InChI is InChI=1S/C18H17FN4O3S/c1-12-20-21-18(23(12)14-9-7-13(19)8-10-14)27-17(11-22(24)25)15-5-3-4-6-16(15)26-2/h3-10,17H,11H2,1-2H3/t17-/m0/s1. The van der Waals surface area contributed by atoms with E-state index in [9.17, 15) is 14.5 Å². The quantitative estimate of drug-likeness (QED) is 0.347. The number of ether oxygens (including phenoxy) is 1. The van der Waals surface area contributed by atoms with Gasteiger partial charge >= 0.3 is 0 Å². The average molecular weight is 388 g/mol. The number of halogens is 1. The number of nitrogens with zero attached hydrogens (tertiary/aromatic N) is 4. The van der Waals surface area contributed by atoms with Crippen LogP contribution in [0.2, 0.25) is 0 Å². The Kier molecular flexibility index (Phi) is 5.70. The Hall–Kier alpha value is -2.94. The number of methoxy groups -OCH3 is 1. The van der Waals surface area contributed by atoms with Crippen LogP contribution in [0.4, 0.5) is 4.39 Å². The summed E-state index contributed by atoms with van der Waals surface area (Å²) in [5.74, 6) is 0.823. The molecule has 1 atom stereocenters. The highest BCUT2D eigenvalue weighted by Gasteiger charge is 2.26. The summed E-state index contributed by atoms with van der Waals surface area (Å²) < 4.78 is 20.4. The average Bonchev–Trinajstić information content (AvgIpc) is 3.02. The minimum absolute atomic E-state index is 0.305. The van der Waals surface area contributed by atoms with Crippen LogP contribution in [0.1, 0.15) is 16.6 Å². The summed E-state index contributed by atoms with van der Waals surface area (Å²) in [5, 5.41) is 19.4. The molecule has 0 amide bonds. The Morgan fingerprint density at radius 1 is 1.22 bits per heavy atom. The zero-order chi connectivity index (χ0) is 19.4. The third kappa shape index (κ3) is 4.25. The third-order valence-corrected chi connectivity index (χ3v) is 5.09. The predicted molar refractivity (Wildman–Crippen MR) is 99.5 cm³/mol. The van der Waals surface area contributed by atoms with Gasteiger partial charge in [0.1, 0.15) is 22.6 Å².